The number of benzene rings is 1. The molecule has 4 atom stereocenters. The molecule has 7 N–H and O–H groups in total. The van der Waals surface area contributed by atoms with Crippen LogP contribution in [0.4, 0.5) is 11.8 Å². The van der Waals surface area contributed by atoms with Crippen LogP contribution in [0, 0.1) is 5.41 Å². The molecule has 2 aliphatic heterocycles. The van der Waals surface area contributed by atoms with Crippen molar-refractivity contribution in [1.82, 2.24) is 9.97 Å². The Kier molecular flexibility index (Phi) is 3.78. The second-order valence-electron chi connectivity index (χ2n) is 6.44. The van der Waals surface area contributed by atoms with Crippen molar-refractivity contribution in [1.29, 1.82) is 5.41 Å². The fourth-order valence-electron chi connectivity index (χ4n) is 3.58. The van der Waals surface area contributed by atoms with Crippen molar-refractivity contribution >= 4 is 28.4 Å². The third-order valence-electron chi connectivity index (χ3n) is 4.80. The van der Waals surface area contributed by atoms with Gasteiger partial charge in [0.15, 0.2) is 0 Å². The van der Waals surface area contributed by atoms with Crippen LogP contribution in [0.15, 0.2) is 30.5 Å². The van der Waals surface area contributed by atoms with Crippen LogP contribution in [0.2, 0.25) is 0 Å². The lowest BCUT2D eigenvalue weighted by Gasteiger charge is -2.23. The van der Waals surface area contributed by atoms with Gasteiger partial charge in [0.05, 0.1) is 35.6 Å². The van der Waals surface area contributed by atoms with Gasteiger partial charge >= 0.3 is 0 Å². The summed E-state index contributed by atoms with van der Waals surface area (Å²) in [5.41, 5.74) is 12.9. The highest BCUT2D eigenvalue weighted by atomic mass is 16.5. The molecule has 130 valence electrons. The molecule has 8 nitrogen and oxygen atoms in total. The number of aromatic nitrogens is 2. The Bertz CT molecular complexity index is 866. The molecule has 1 aromatic carbocycles. The maximum atomic E-state index is 9.81. The average Bonchev–Trinajstić information content (AvgIpc) is 3.13. The summed E-state index contributed by atoms with van der Waals surface area (Å²) in [5.74, 6) is 0.808. The first kappa shape index (κ1) is 15.8. The van der Waals surface area contributed by atoms with E-state index in [0.29, 0.717) is 29.0 Å². The van der Waals surface area contributed by atoms with E-state index in [-0.39, 0.29) is 30.3 Å². The van der Waals surface area contributed by atoms with E-state index in [1.165, 1.54) is 12.3 Å². The van der Waals surface area contributed by atoms with E-state index in [9.17, 15) is 5.11 Å². The number of aliphatic hydroxyl groups excluding tert-OH is 1. The molecule has 0 spiro atoms. The molecule has 25 heavy (non-hydrogen) atoms. The second-order valence-corrected chi connectivity index (χ2v) is 6.44. The summed E-state index contributed by atoms with van der Waals surface area (Å²) in [6.45, 7) is 0. The molecule has 0 radical (unpaired) electrons. The summed E-state index contributed by atoms with van der Waals surface area (Å²) >= 11 is 0. The predicted molar refractivity (Wildman–Crippen MR) is 95.4 cm³/mol. The van der Waals surface area contributed by atoms with Crippen LogP contribution in [0.3, 0.4) is 0 Å². The fourth-order valence-corrected chi connectivity index (χ4v) is 3.58. The number of rotatable bonds is 4. The lowest BCUT2D eigenvalue weighted by molar-refractivity contribution is 0.0535. The number of hydrogen-bond donors (Lipinski definition) is 5. The average molecular weight is 340 g/mol. The zero-order valence-electron chi connectivity index (χ0n) is 13.5. The van der Waals surface area contributed by atoms with Crippen molar-refractivity contribution in [2.45, 2.75) is 37.2 Å². The second kappa shape index (κ2) is 5.98. The first-order valence-corrected chi connectivity index (χ1v) is 8.19. The third kappa shape index (κ3) is 2.79. The largest absolute Gasteiger partial charge is 0.405 e. The highest BCUT2D eigenvalue weighted by Crippen LogP contribution is 2.37. The van der Waals surface area contributed by atoms with Gasteiger partial charge in [0.25, 0.3) is 0 Å². The number of nitrogens with two attached hydrogens (primary N) is 2. The summed E-state index contributed by atoms with van der Waals surface area (Å²) in [5, 5.41) is 22.0. The number of anilines is 2. The summed E-state index contributed by atoms with van der Waals surface area (Å²) in [6, 6.07) is 5.58. The minimum absolute atomic E-state index is 0.0200. The van der Waals surface area contributed by atoms with E-state index in [2.05, 4.69) is 15.3 Å². The predicted octanol–water partition coefficient (Wildman–Crippen LogP) is 0.755. The number of nitrogen functional groups attached to an aromatic ring is 1. The van der Waals surface area contributed by atoms with Crippen LogP contribution < -0.4 is 16.8 Å². The van der Waals surface area contributed by atoms with Crippen LogP contribution in [-0.2, 0) is 4.74 Å². The number of ether oxygens (including phenoxy) is 1. The topological polar surface area (TPSA) is 143 Å². The monoisotopic (exact) mass is 340 g/mol. The number of hydrogen-bond acceptors (Lipinski definition) is 8. The molecule has 3 heterocycles. The molecular weight excluding hydrogens is 320 g/mol. The smallest absolute Gasteiger partial charge is 0.222 e. The number of fused-ring (bicyclic) bond motifs is 3. The number of nitrogens with one attached hydrogen (secondary N) is 2. The molecular formula is C17H20N6O2. The lowest BCUT2D eigenvalue weighted by atomic mass is 9.93. The van der Waals surface area contributed by atoms with E-state index in [1.807, 2.05) is 12.1 Å². The van der Waals surface area contributed by atoms with Gasteiger partial charge in [-0.3, -0.25) is 0 Å². The van der Waals surface area contributed by atoms with E-state index in [1.54, 1.807) is 6.07 Å². The molecule has 2 aromatic rings. The van der Waals surface area contributed by atoms with Crippen molar-refractivity contribution in [3.63, 3.8) is 0 Å². The zero-order chi connectivity index (χ0) is 17.6. The highest BCUT2D eigenvalue weighted by molar-refractivity contribution is 6.08. The lowest BCUT2D eigenvalue weighted by Crippen LogP contribution is -2.36. The van der Waals surface area contributed by atoms with Crippen LogP contribution in [0.25, 0.3) is 10.9 Å². The molecule has 2 saturated heterocycles. The first-order chi connectivity index (χ1) is 12.0. The van der Waals surface area contributed by atoms with E-state index >= 15 is 0 Å². The molecule has 2 fully saturated rings. The Hall–Kier alpha value is -2.71. The zero-order valence-corrected chi connectivity index (χ0v) is 13.5. The van der Waals surface area contributed by atoms with Crippen LogP contribution in [-0.4, -0.2) is 45.1 Å². The number of allylic oxidation sites excluding steroid dienone is 1. The Labute approximate surface area is 144 Å². The van der Waals surface area contributed by atoms with Crippen molar-refractivity contribution in [2.75, 3.05) is 11.1 Å². The van der Waals surface area contributed by atoms with Crippen LogP contribution in [0.1, 0.15) is 18.4 Å². The molecule has 0 aliphatic carbocycles. The maximum absolute atomic E-state index is 9.81. The van der Waals surface area contributed by atoms with Gasteiger partial charge in [0.2, 0.25) is 5.95 Å². The Morgan fingerprint density at radius 3 is 2.84 bits per heavy atom. The summed E-state index contributed by atoms with van der Waals surface area (Å²) in [6.07, 6.45) is 3.71. The summed E-state index contributed by atoms with van der Waals surface area (Å²) in [4.78, 5) is 8.61. The Balaban J connectivity index is 1.66. The fraction of sp³-hybridized carbons (Fsp3) is 0.353. The molecule has 0 amide bonds. The SMILES string of the molecule is N=C(C=CN)c1ccc2c(NC3CC4OC3CC4O)nc(N)nc2c1. The van der Waals surface area contributed by atoms with E-state index in [0.717, 1.165) is 11.8 Å². The molecule has 2 aliphatic rings. The maximum Gasteiger partial charge on any atom is 0.222 e. The quantitative estimate of drug-likeness (QED) is 0.517. The molecule has 8 heteroatoms. The molecule has 1 aromatic heterocycles. The molecule has 2 bridgehead atoms. The molecule has 4 unspecified atom stereocenters. The van der Waals surface area contributed by atoms with Gasteiger partial charge in [-0.25, -0.2) is 4.98 Å². The van der Waals surface area contributed by atoms with E-state index < -0.39 is 0 Å². The summed E-state index contributed by atoms with van der Waals surface area (Å²) < 4.78 is 5.75. The molecule has 0 saturated carbocycles. The van der Waals surface area contributed by atoms with Crippen molar-refractivity contribution in [3.8, 4) is 0 Å². The minimum Gasteiger partial charge on any atom is -0.405 e. The number of aliphatic hydroxyl groups is 1. The standard InChI is InChI=1S/C17H20N6O2/c18-4-3-10(19)8-1-2-9-11(5-8)22-17(20)23-16(9)21-12-6-15-13(24)7-14(12)25-15/h1-5,12-15,19,24H,6-7,18H2,(H3,20,21,22,23). The third-order valence-corrected chi connectivity index (χ3v) is 4.80. The minimum atomic E-state index is -0.376. The van der Waals surface area contributed by atoms with E-state index in [4.69, 9.17) is 21.6 Å². The Morgan fingerprint density at radius 2 is 2.16 bits per heavy atom. The van der Waals surface area contributed by atoms with Crippen LogP contribution >= 0.6 is 0 Å². The first-order valence-electron chi connectivity index (χ1n) is 8.19. The van der Waals surface area contributed by atoms with Crippen LogP contribution in [0.5, 0.6) is 0 Å². The van der Waals surface area contributed by atoms with Gasteiger partial charge in [-0.15, -0.1) is 0 Å². The summed E-state index contributed by atoms with van der Waals surface area (Å²) in [7, 11) is 0. The van der Waals surface area contributed by atoms with Gasteiger partial charge < -0.3 is 32.0 Å². The van der Waals surface area contributed by atoms with Gasteiger partial charge in [-0.1, -0.05) is 6.07 Å². The van der Waals surface area contributed by atoms with Crippen molar-refractivity contribution < 1.29 is 9.84 Å². The van der Waals surface area contributed by atoms with Crippen molar-refractivity contribution in [2.24, 2.45) is 5.73 Å². The van der Waals surface area contributed by atoms with Gasteiger partial charge in [-0.2, -0.15) is 4.98 Å². The highest BCUT2D eigenvalue weighted by Gasteiger charge is 2.46. The van der Waals surface area contributed by atoms with Gasteiger partial charge in [0.1, 0.15) is 5.82 Å². The molecule has 4 rings (SSSR count). The van der Waals surface area contributed by atoms with Crippen molar-refractivity contribution in [3.05, 3.63) is 36.0 Å². The van der Waals surface area contributed by atoms with Gasteiger partial charge in [0, 0.05) is 17.4 Å². The normalized spacial score (nSPS) is 28.0. The van der Waals surface area contributed by atoms with Gasteiger partial charge in [-0.05, 0) is 30.8 Å². The number of nitrogens with zero attached hydrogens (tertiary/aromatic N) is 2. The Morgan fingerprint density at radius 1 is 1.32 bits per heavy atom.